The van der Waals surface area contributed by atoms with E-state index in [4.69, 9.17) is 15.5 Å². The number of benzene rings is 2. The maximum atomic E-state index is 14.0. The average Bonchev–Trinajstić information content (AvgIpc) is 3.08. The van der Waals surface area contributed by atoms with Gasteiger partial charge in [-0.3, -0.25) is 9.36 Å². The Morgan fingerprint density at radius 1 is 1.12 bits per heavy atom. The number of carbonyl (C=O) groups is 1. The van der Waals surface area contributed by atoms with E-state index in [0.29, 0.717) is 34.4 Å². The van der Waals surface area contributed by atoms with Gasteiger partial charge in [0.15, 0.2) is 5.65 Å². The van der Waals surface area contributed by atoms with Crippen molar-refractivity contribution in [3.8, 4) is 5.69 Å². The van der Waals surface area contributed by atoms with Crippen molar-refractivity contribution in [1.29, 1.82) is 0 Å². The summed E-state index contributed by atoms with van der Waals surface area (Å²) in [6, 6.07) is 13.4. The number of halogens is 1. The van der Waals surface area contributed by atoms with Crippen LogP contribution in [0.3, 0.4) is 0 Å². The fraction of sp³-hybridized carbons (Fsp3) is 0.261. The topological polar surface area (TPSA) is 99.5 Å². The molecule has 8 nitrogen and oxygen atoms in total. The summed E-state index contributed by atoms with van der Waals surface area (Å²) >= 11 is 0. The highest BCUT2D eigenvalue weighted by Crippen LogP contribution is 2.31. The van der Waals surface area contributed by atoms with Crippen LogP contribution in [0.4, 0.5) is 10.2 Å². The molecule has 1 aliphatic rings. The molecule has 4 aromatic rings. The van der Waals surface area contributed by atoms with Gasteiger partial charge in [-0.15, -0.1) is 0 Å². The number of carbonyl (C=O) groups excluding carboxylic acids is 1. The summed E-state index contributed by atoms with van der Waals surface area (Å²) in [5.74, 6) is -0.547. The number of hydrogen-bond acceptors (Lipinski definition) is 5. The first-order valence-corrected chi connectivity index (χ1v) is 10.6. The molecular formula is C23H24FN6O2+. The predicted molar refractivity (Wildman–Crippen MR) is 119 cm³/mol. The molecule has 5 rings (SSSR count). The number of rotatable bonds is 5. The van der Waals surface area contributed by atoms with Crippen molar-refractivity contribution in [3.63, 3.8) is 0 Å². The molecule has 1 aliphatic heterocycles. The first kappa shape index (κ1) is 20.3. The van der Waals surface area contributed by atoms with Gasteiger partial charge < -0.3 is 20.7 Å². The van der Waals surface area contributed by atoms with Gasteiger partial charge in [-0.2, -0.15) is 0 Å². The summed E-state index contributed by atoms with van der Waals surface area (Å²) in [5, 5.41) is 2.97. The largest absolute Gasteiger partial charge is 0.384 e. The molecule has 9 heteroatoms. The van der Waals surface area contributed by atoms with E-state index in [9.17, 15) is 9.18 Å². The number of quaternary nitrogens is 1. The van der Waals surface area contributed by atoms with Gasteiger partial charge in [0.25, 0.3) is 5.91 Å². The van der Waals surface area contributed by atoms with Gasteiger partial charge in [0.05, 0.1) is 43.0 Å². The Balaban J connectivity index is 1.55. The molecule has 0 atom stereocenters. The molecule has 0 spiro atoms. The zero-order valence-corrected chi connectivity index (χ0v) is 17.5. The molecule has 1 fully saturated rings. The van der Waals surface area contributed by atoms with E-state index in [-0.39, 0.29) is 17.3 Å². The fourth-order valence-corrected chi connectivity index (χ4v) is 4.11. The normalized spacial score (nSPS) is 14.8. The lowest BCUT2D eigenvalue weighted by Gasteiger charge is -2.23. The molecule has 0 saturated carbocycles. The van der Waals surface area contributed by atoms with E-state index in [1.165, 1.54) is 17.0 Å². The lowest BCUT2D eigenvalue weighted by molar-refractivity contribution is -0.906. The van der Waals surface area contributed by atoms with E-state index >= 15 is 0 Å². The number of ether oxygens (including phenoxy) is 1. The molecule has 2 aromatic heterocycles. The third-order valence-electron chi connectivity index (χ3n) is 5.76. The Hall–Kier alpha value is -3.56. The molecular weight excluding hydrogens is 411 g/mol. The molecule has 2 aromatic carbocycles. The first-order valence-electron chi connectivity index (χ1n) is 10.6. The second kappa shape index (κ2) is 8.52. The highest BCUT2D eigenvalue weighted by atomic mass is 19.1. The van der Waals surface area contributed by atoms with Crippen molar-refractivity contribution in [2.24, 2.45) is 0 Å². The SMILES string of the molecule is Nc1c(C(=O)NCC[NH+]2CCOCC2)c2nc3ccccc3nc2n1-c1cccc(F)c1. The lowest BCUT2D eigenvalue weighted by Crippen LogP contribution is -3.14. The Bertz CT molecular complexity index is 1300. The van der Waals surface area contributed by atoms with Gasteiger partial charge in [-0.25, -0.2) is 14.4 Å². The van der Waals surface area contributed by atoms with Gasteiger partial charge in [0.1, 0.15) is 35.8 Å². The monoisotopic (exact) mass is 435 g/mol. The number of hydrogen-bond donors (Lipinski definition) is 3. The Kier molecular flexibility index (Phi) is 5.42. The van der Waals surface area contributed by atoms with Gasteiger partial charge in [0.2, 0.25) is 0 Å². The minimum atomic E-state index is -0.406. The number of nitrogen functional groups attached to an aromatic ring is 1. The van der Waals surface area contributed by atoms with Crippen LogP contribution in [0.25, 0.3) is 27.9 Å². The van der Waals surface area contributed by atoms with Gasteiger partial charge >= 0.3 is 0 Å². The van der Waals surface area contributed by atoms with Crippen molar-refractivity contribution >= 4 is 33.9 Å². The van der Waals surface area contributed by atoms with Crippen LogP contribution in [0.5, 0.6) is 0 Å². The van der Waals surface area contributed by atoms with Crippen LogP contribution >= 0.6 is 0 Å². The zero-order valence-electron chi connectivity index (χ0n) is 17.5. The maximum absolute atomic E-state index is 14.0. The fourth-order valence-electron chi connectivity index (χ4n) is 4.11. The summed E-state index contributed by atoms with van der Waals surface area (Å²) in [5.41, 5.74) is 9.31. The van der Waals surface area contributed by atoms with Gasteiger partial charge in [-0.05, 0) is 30.3 Å². The molecule has 3 heterocycles. The van der Waals surface area contributed by atoms with Gasteiger partial charge in [0, 0.05) is 0 Å². The Morgan fingerprint density at radius 2 is 1.88 bits per heavy atom. The van der Waals surface area contributed by atoms with Crippen LogP contribution in [0, 0.1) is 5.82 Å². The third-order valence-corrected chi connectivity index (χ3v) is 5.76. The zero-order chi connectivity index (χ0) is 22.1. The van der Waals surface area contributed by atoms with E-state index < -0.39 is 5.82 Å². The molecule has 1 saturated heterocycles. The molecule has 0 bridgehead atoms. The molecule has 1 amide bonds. The number of morpholine rings is 1. The van der Waals surface area contributed by atoms with Crippen LogP contribution in [0.1, 0.15) is 10.4 Å². The third kappa shape index (κ3) is 3.76. The number of amides is 1. The number of nitrogens with one attached hydrogen (secondary N) is 2. The van der Waals surface area contributed by atoms with E-state index in [1.54, 1.807) is 16.7 Å². The Morgan fingerprint density at radius 3 is 2.62 bits per heavy atom. The smallest absolute Gasteiger partial charge is 0.257 e. The quantitative estimate of drug-likeness (QED) is 0.433. The molecule has 0 unspecified atom stereocenters. The number of anilines is 1. The number of nitrogens with two attached hydrogens (primary N) is 1. The van der Waals surface area contributed by atoms with Crippen LogP contribution in [0.2, 0.25) is 0 Å². The van der Waals surface area contributed by atoms with Crippen LogP contribution in [0.15, 0.2) is 48.5 Å². The molecule has 4 N–H and O–H groups in total. The number of aromatic nitrogens is 3. The minimum absolute atomic E-state index is 0.178. The van der Waals surface area contributed by atoms with E-state index in [1.807, 2.05) is 24.3 Å². The van der Waals surface area contributed by atoms with Crippen molar-refractivity contribution in [3.05, 3.63) is 59.9 Å². The van der Waals surface area contributed by atoms with Crippen molar-refractivity contribution in [2.45, 2.75) is 0 Å². The van der Waals surface area contributed by atoms with E-state index in [0.717, 1.165) is 32.8 Å². The van der Waals surface area contributed by atoms with Crippen LogP contribution in [-0.2, 0) is 4.74 Å². The summed E-state index contributed by atoms with van der Waals surface area (Å²) in [6.07, 6.45) is 0. The average molecular weight is 435 g/mol. The summed E-state index contributed by atoms with van der Waals surface area (Å²) in [4.78, 5) is 24.0. The standard InChI is InChI=1S/C23H23FN6O2/c24-15-4-3-5-16(14-15)30-21(25)19(23(31)26-8-9-29-10-12-32-13-11-29)20-22(30)28-18-7-2-1-6-17(18)27-20/h1-7,14H,8-13,25H2,(H,26,31)/p+1. The number of fused-ring (bicyclic) bond motifs is 2. The molecule has 0 aliphatic carbocycles. The first-order chi connectivity index (χ1) is 15.6. The highest BCUT2D eigenvalue weighted by Gasteiger charge is 2.25. The van der Waals surface area contributed by atoms with Crippen molar-refractivity contribution in [1.82, 2.24) is 19.9 Å². The predicted octanol–water partition coefficient (Wildman–Crippen LogP) is 0.940. The summed E-state index contributed by atoms with van der Waals surface area (Å²) in [6.45, 7) is 4.62. The van der Waals surface area contributed by atoms with Gasteiger partial charge in [-0.1, -0.05) is 18.2 Å². The van der Waals surface area contributed by atoms with E-state index in [2.05, 4.69) is 10.3 Å². The van der Waals surface area contributed by atoms with Crippen LogP contribution < -0.4 is 16.0 Å². The minimum Gasteiger partial charge on any atom is -0.384 e. The molecule has 0 radical (unpaired) electrons. The second-order valence-corrected chi connectivity index (χ2v) is 7.83. The van der Waals surface area contributed by atoms with Crippen molar-refractivity contribution < 1.29 is 18.8 Å². The summed E-state index contributed by atoms with van der Waals surface area (Å²) < 4.78 is 20.9. The second-order valence-electron chi connectivity index (χ2n) is 7.83. The molecule has 32 heavy (non-hydrogen) atoms. The summed E-state index contributed by atoms with van der Waals surface area (Å²) in [7, 11) is 0. The molecule has 164 valence electrons. The highest BCUT2D eigenvalue weighted by molar-refractivity contribution is 6.11. The number of nitrogens with zero attached hydrogens (tertiary/aromatic N) is 3. The maximum Gasteiger partial charge on any atom is 0.257 e. The van der Waals surface area contributed by atoms with Crippen LogP contribution in [-0.4, -0.2) is 59.8 Å². The number of para-hydroxylation sites is 2. The Labute approximate surface area is 183 Å². The lowest BCUT2D eigenvalue weighted by atomic mass is 10.2. The van der Waals surface area contributed by atoms with Crippen molar-refractivity contribution in [2.75, 3.05) is 45.1 Å².